The van der Waals surface area contributed by atoms with E-state index in [0.717, 1.165) is 6.42 Å². The van der Waals surface area contributed by atoms with Gasteiger partial charge in [0.2, 0.25) is 5.91 Å². The molecular formula is C21H20N2O6. The van der Waals surface area contributed by atoms with Gasteiger partial charge in [-0.05, 0) is 42.8 Å². The number of carbonyl (C=O) groups is 4. The van der Waals surface area contributed by atoms with Crippen LogP contribution in [0.5, 0.6) is 0 Å². The minimum atomic E-state index is -0.652. The van der Waals surface area contributed by atoms with Gasteiger partial charge in [0.05, 0.1) is 25.3 Å². The Morgan fingerprint density at radius 2 is 1.59 bits per heavy atom. The van der Waals surface area contributed by atoms with E-state index in [1.807, 2.05) is 0 Å². The molecule has 2 aromatic carbocycles. The van der Waals surface area contributed by atoms with E-state index in [2.05, 4.69) is 5.32 Å². The van der Waals surface area contributed by atoms with E-state index >= 15 is 0 Å². The molecule has 2 amide bonds. The van der Waals surface area contributed by atoms with Crippen molar-refractivity contribution in [3.05, 3.63) is 59.2 Å². The van der Waals surface area contributed by atoms with E-state index in [1.165, 1.54) is 32.4 Å². The van der Waals surface area contributed by atoms with Gasteiger partial charge in [0.15, 0.2) is 0 Å². The molecule has 150 valence electrons. The van der Waals surface area contributed by atoms with Crippen LogP contribution in [0.1, 0.15) is 43.9 Å². The van der Waals surface area contributed by atoms with Gasteiger partial charge < -0.3 is 19.7 Å². The van der Waals surface area contributed by atoms with Crippen LogP contribution in [0, 0.1) is 0 Å². The molecule has 1 N–H and O–H groups in total. The minimum absolute atomic E-state index is 0.0241. The van der Waals surface area contributed by atoms with E-state index in [-0.39, 0.29) is 22.7 Å². The van der Waals surface area contributed by atoms with E-state index in [0.29, 0.717) is 24.2 Å². The summed E-state index contributed by atoms with van der Waals surface area (Å²) in [4.78, 5) is 50.1. The Balaban J connectivity index is 1.87. The molecule has 0 radical (unpaired) electrons. The van der Waals surface area contributed by atoms with Crippen LogP contribution in [0.3, 0.4) is 0 Å². The van der Waals surface area contributed by atoms with Crippen LogP contribution in [0.4, 0.5) is 11.4 Å². The van der Waals surface area contributed by atoms with Crippen molar-refractivity contribution in [2.45, 2.75) is 12.8 Å². The maximum Gasteiger partial charge on any atom is 0.337 e. The van der Waals surface area contributed by atoms with E-state index in [4.69, 9.17) is 9.47 Å². The Morgan fingerprint density at radius 1 is 0.931 bits per heavy atom. The maximum absolute atomic E-state index is 12.7. The maximum atomic E-state index is 12.7. The lowest BCUT2D eigenvalue weighted by molar-refractivity contribution is -0.117. The first-order chi connectivity index (χ1) is 13.9. The van der Waals surface area contributed by atoms with Crippen LogP contribution in [0.25, 0.3) is 0 Å². The van der Waals surface area contributed by atoms with Crippen molar-refractivity contribution in [1.29, 1.82) is 0 Å². The summed E-state index contributed by atoms with van der Waals surface area (Å²) < 4.78 is 9.38. The van der Waals surface area contributed by atoms with E-state index in [9.17, 15) is 19.2 Å². The molecule has 0 atom stereocenters. The monoisotopic (exact) mass is 396 g/mol. The summed E-state index contributed by atoms with van der Waals surface area (Å²) in [7, 11) is 2.44. The van der Waals surface area contributed by atoms with Crippen molar-refractivity contribution < 1.29 is 28.7 Å². The van der Waals surface area contributed by atoms with E-state index < -0.39 is 17.8 Å². The Hall–Kier alpha value is -3.68. The molecule has 1 aliphatic heterocycles. The number of rotatable bonds is 5. The number of carbonyl (C=O) groups excluding carboxylic acids is 4. The lowest BCUT2D eigenvalue weighted by atomic mass is 10.1. The number of hydrogen-bond donors (Lipinski definition) is 1. The van der Waals surface area contributed by atoms with Gasteiger partial charge in [-0.15, -0.1) is 0 Å². The van der Waals surface area contributed by atoms with Gasteiger partial charge in [-0.3, -0.25) is 9.59 Å². The van der Waals surface area contributed by atoms with Gasteiger partial charge >= 0.3 is 11.9 Å². The first kappa shape index (κ1) is 20.1. The number of nitrogens with zero attached hydrogens (tertiary/aromatic N) is 1. The number of ether oxygens (including phenoxy) is 2. The summed E-state index contributed by atoms with van der Waals surface area (Å²) in [6, 6.07) is 10.9. The Kier molecular flexibility index (Phi) is 5.92. The third-order valence-corrected chi connectivity index (χ3v) is 4.53. The van der Waals surface area contributed by atoms with Crippen molar-refractivity contribution in [2.75, 3.05) is 31.0 Å². The quantitative estimate of drug-likeness (QED) is 0.780. The largest absolute Gasteiger partial charge is 0.465 e. The van der Waals surface area contributed by atoms with Crippen molar-refractivity contribution >= 4 is 35.1 Å². The minimum Gasteiger partial charge on any atom is -0.465 e. The highest BCUT2D eigenvalue weighted by molar-refractivity contribution is 6.07. The molecule has 2 aromatic rings. The van der Waals surface area contributed by atoms with Crippen LogP contribution in [0.2, 0.25) is 0 Å². The topological polar surface area (TPSA) is 102 Å². The second-order valence-corrected chi connectivity index (χ2v) is 6.44. The molecule has 0 aromatic heterocycles. The summed E-state index contributed by atoms with van der Waals surface area (Å²) in [6.07, 6.45) is 1.28. The number of benzene rings is 2. The van der Waals surface area contributed by atoms with Gasteiger partial charge in [-0.1, -0.05) is 6.07 Å². The van der Waals surface area contributed by atoms with Crippen LogP contribution in [0.15, 0.2) is 42.5 Å². The number of amides is 2. The van der Waals surface area contributed by atoms with Crippen molar-refractivity contribution in [1.82, 2.24) is 0 Å². The molecule has 1 heterocycles. The lowest BCUT2D eigenvalue weighted by Crippen LogP contribution is -2.24. The molecule has 1 aliphatic rings. The molecule has 0 bridgehead atoms. The average Bonchev–Trinajstić information content (AvgIpc) is 3.18. The summed E-state index contributed by atoms with van der Waals surface area (Å²) in [5, 5.41) is 2.67. The Morgan fingerprint density at radius 3 is 2.14 bits per heavy atom. The zero-order chi connectivity index (χ0) is 21.0. The normalized spacial score (nSPS) is 13.2. The molecule has 3 rings (SSSR count). The Bertz CT molecular complexity index is 951. The van der Waals surface area contributed by atoms with Crippen LogP contribution < -0.4 is 10.2 Å². The molecule has 1 fully saturated rings. The highest BCUT2D eigenvalue weighted by Crippen LogP contribution is 2.23. The molecule has 0 aliphatic carbocycles. The average molecular weight is 396 g/mol. The second kappa shape index (κ2) is 8.55. The number of anilines is 2. The molecule has 0 spiro atoms. The third kappa shape index (κ3) is 4.43. The molecule has 8 nitrogen and oxygen atoms in total. The van der Waals surface area contributed by atoms with Gasteiger partial charge in [0.1, 0.15) is 0 Å². The lowest BCUT2D eigenvalue weighted by Gasteiger charge is -2.16. The number of esters is 2. The molecule has 29 heavy (non-hydrogen) atoms. The summed E-state index contributed by atoms with van der Waals surface area (Å²) >= 11 is 0. The third-order valence-electron chi connectivity index (χ3n) is 4.53. The second-order valence-electron chi connectivity index (χ2n) is 6.44. The molecule has 8 heteroatoms. The van der Waals surface area contributed by atoms with E-state index in [1.54, 1.807) is 29.2 Å². The Labute approximate surface area is 167 Å². The zero-order valence-corrected chi connectivity index (χ0v) is 16.1. The van der Waals surface area contributed by atoms with Crippen molar-refractivity contribution in [3.63, 3.8) is 0 Å². The molecule has 1 saturated heterocycles. The van der Waals surface area contributed by atoms with Crippen LogP contribution >= 0.6 is 0 Å². The van der Waals surface area contributed by atoms with Gasteiger partial charge in [0, 0.05) is 29.9 Å². The predicted molar refractivity (Wildman–Crippen MR) is 105 cm³/mol. The van der Waals surface area contributed by atoms with Crippen LogP contribution in [-0.2, 0) is 14.3 Å². The fraction of sp³-hybridized carbons (Fsp3) is 0.238. The number of hydrogen-bond acceptors (Lipinski definition) is 6. The summed E-state index contributed by atoms with van der Waals surface area (Å²) in [5.74, 6) is -1.73. The highest BCUT2D eigenvalue weighted by Gasteiger charge is 2.22. The zero-order valence-electron chi connectivity index (χ0n) is 16.1. The first-order valence-corrected chi connectivity index (χ1v) is 8.96. The standard InChI is InChI=1S/C21H20N2O6/c1-28-20(26)14-9-15(21(27)29-2)11-16(10-14)22-19(25)13-5-3-6-17(12-13)23-8-4-7-18(23)24/h3,5-6,9-12H,4,7-8H2,1-2H3,(H,22,25). The highest BCUT2D eigenvalue weighted by atomic mass is 16.5. The smallest absolute Gasteiger partial charge is 0.337 e. The van der Waals surface area contributed by atoms with Crippen molar-refractivity contribution in [3.8, 4) is 0 Å². The first-order valence-electron chi connectivity index (χ1n) is 8.96. The van der Waals surface area contributed by atoms with Gasteiger partial charge in [-0.25, -0.2) is 9.59 Å². The molecular weight excluding hydrogens is 376 g/mol. The number of nitrogens with one attached hydrogen (secondary N) is 1. The van der Waals surface area contributed by atoms with Crippen molar-refractivity contribution in [2.24, 2.45) is 0 Å². The SMILES string of the molecule is COC(=O)c1cc(NC(=O)c2cccc(N3CCCC3=O)c2)cc(C(=O)OC)c1. The van der Waals surface area contributed by atoms with Crippen LogP contribution in [-0.4, -0.2) is 44.5 Å². The summed E-state index contributed by atoms with van der Waals surface area (Å²) in [5.41, 5.74) is 1.43. The fourth-order valence-corrected chi connectivity index (χ4v) is 3.11. The predicted octanol–water partition coefficient (Wildman–Crippen LogP) is 2.64. The molecule has 0 saturated carbocycles. The summed E-state index contributed by atoms with van der Waals surface area (Å²) in [6.45, 7) is 0.619. The van der Waals surface area contributed by atoms with Gasteiger partial charge in [-0.2, -0.15) is 0 Å². The number of methoxy groups -OCH3 is 2. The fourth-order valence-electron chi connectivity index (χ4n) is 3.11. The van der Waals surface area contributed by atoms with Gasteiger partial charge in [0.25, 0.3) is 5.91 Å². The molecule has 0 unspecified atom stereocenters.